The number of aromatic nitrogens is 4. The first kappa shape index (κ1) is 15.0. The second kappa shape index (κ2) is 9.88. The van der Waals surface area contributed by atoms with E-state index in [1.165, 1.54) is 44.9 Å². The summed E-state index contributed by atoms with van der Waals surface area (Å²) in [7, 11) is 1.88. The standard InChI is InChI=1S/C11H21BrN4S/c1-16-11(13-14-15-16)17-10-8-6-4-2-3-5-7-9-12/h2-10H2,1H3. The van der Waals surface area contributed by atoms with Gasteiger partial charge < -0.3 is 0 Å². The highest BCUT2D eigenvalue weighted by Gasteiger charge is 2.01. The summed E-state index contributed by atoms with van der Waals surface area (Å²) in [6.07, 6.45) is 9.39. The third-order valence-electron chi connectivity index (χ3n) is 2.59. The summed E-state index contributed by atoms with van der Waals surface area (Å²) >= 11 is 5.20. The Kier molecular flexibility index (Phi) is 8.70. The van der Waals surface area contributed by atoms with Crippen molar-refractivity contribution in [3.63, 3.8) is 0 Å². The number of tetrazole rings is 1. The van der Waals surface area contributed by atoms with Gasteiger partial charge in [0.15, 0.2) is 0 Å². The monoisotopic (exact) mass is 320 g/mol. The van der Waals surface area contributed by atoms with Crippen molar-refractivity contribution in [1.82, 2.24) is 20.2 Å². The Morgan fingerprint density at radius 3 is 2.29 bits per heavy atom. The van der Waals surface area contributed by atoms with Gasteiger partial charge in [-0.1, -0.05) is 59.8 Å². The van der Waals surface area contributed by atoms with Gasteiger partial charge in [-0.3, -0.25) is 0 Å². The minimum Gasteiger partial charge on any atom is -0.224 e. The molecule has 98 valence electrons. The Balaban J connectivity index is 1.86. The van der Waals surface area contributed by atoms with Gasteiger partial charge in [0.25, 0.3) is 0 Å². The maximum Gasteiger partial charge on any atom is 0.209 e. The maximum atomic E-state index is 3.94. The number of alkyl halides is 1. The average molecular weight is 321 g/mol. The molecule has 0 radical (unpaired) electrons. The molecule has 17 heavy (non-hydrogen) atoms. The van der Waals surface area contributed by atoms with Crippen molar-refractivity contribution in [3.05, 3.63) is 0 Å². The molecule has 0 saturated carbocycles. The molecule has 0 unspecified atom stereocenters. The topological polar surface area (TPSA) is 43.6 Å². The van der Waals surface area contributed by atoms with Gasteiger partial charge >= 0.3 is 0 Å². The molecule has 1 aromatic rings. The normalized spacial score (nSPS) is 10.9. The van der Waals surface area contributed by atoms with Crippen molar-refractivity contribution in [2.24, 2.45) is 7.05 Å². The summed E-state index contributed by atoms with van der Waals surface area (Å²) in [6.45, 7) is 0. The predicted molar refractivity (Wildman–Crippen MR) is 75.6 cm³/mol. The first-order valence-electron chi connectivity index (χ1n) is 6.25. The second-order valence-electron chi connectivity index (χ2n) is 4.10. The molecule has 0 spiro atoms. The van der Waals surface area contributed by atoms with Crippen molar-refractivity contribution >= 4 is 27.7 Å². The Morgan fingerprint density at radius 2 is 1.71 bits per heavy atom. The predicted octanol–water partition coefficient (Wildman–Crippen LogP) is 3.43. The van der Waals surface area contributed by atoms with Gasteiger partial charge in [0.05, 0.1) is 0 Å². The van der Waals surface area contributed by atoms with Gasteiger partial charge in [-0.05, 0) is 23.3 Å². The molecule has 0 aliphatic heterocycles. The Labute approximate surface area is 116 Å². The van der Waals surface area contributed by atoms with Crippen LogP contribution in [-0.4, -0.2) is 31.3 Å². The highest BCUT2D eigenvalue weighted by Crippen LogP contribution is 2.16. The fourth-order valence-electron chi connectivity index (χ4n) is 1.59. The van der Waals surface area contributed by atoms with E-state index in [4.69, 9.17) is 0 Å². The van der Waals surface area contributed by atoms with Gasteiger partial charge in [-0.25, -0.2) is 4.68 Å². The van der Waals surface area contributed by atoms with E-state index in [1.807, 2.05) is 7.05 Å². The van der Waals surface area contributed by atoms with E-state index in [9.17, 15) is 0 Å². The summed E-state index contributed by atoms with van der Waals surface area (Å²) in [6, 6.07) is 0. The van der Waals surface area contributed by atoms with Crippen molar-refractivity contribution in [2.45, 2.75) is 50.1 Å². The molecule has 0 aliphatic rings. The number of aryl methyl sites for hydroxylation is 1. The van der Waals surface area contributed by atoms with Gasteiger partial charge in [0.2, 0.25) is 5.16 Å². The van der Waals surface area contributed by atoms with Crippen molar-refractivity contribution in [1.29, 1.82) is 0 Å². The molecule has 0 fully saturated rings. The number of hydrogen-bond acceptors (Lipinski definition) is 4. The van der Waals surface area contributed by atoms with E-state index in [2.05, 4.69) is 31.5 Å². The molecule has 1 rings (SSSR count). The van der Waals surface area contributed by atoms with Gasteiger partial charge in [-0.15, -0.1) is 5.10 Å². The highest BCUT2D eigenvalue weighted by molar-refractivity contribution is 9.09. The fraction of sp³-hybridized carbons (Fsp3) is 0.909. The summed E-state index contributed by atoms with van der Waals surface area (Å²) in [5.41, 5.74) is 0. The van der Waals surface area contributed by atoms with Gasteiger partial charge in [0.1, 0.15) is 0 Å². The van der Waals surface area contributed by atoms with Crippen molar-refractivity contribution in [2.75, 3.05) is 11.1 Å². The third-order valence-corrected chi connectivity index (χ3v) is 4.25. The Hall–Kier alpha value is -0.100. The number of unbranched alkanes of at least 4 members (excludes halogenated alkanes) is 6. The van der Waals surface area contributed by atoms with Crippen LogP contribution in [0.3, 0.4) is 0 Å². The molecule has 0 aliphatic carbocycles. The first-order valence-corrected chi connectivity index (χ1v) is 8.36. The van der Waals surface area contributed by atoms with E-state index in [1.54, 1.807) is 16.4 Å². The molecule has 0 bridgehead atoms. The lowest BCUT2D eigenvalue weighted by Gasteiger charge is -2.01. The lowest BCUT2D eigenvalue weighted by atomic mass is 10.1. The largest absolute Gasteiger partial charge is 0.224 e. The van der Waals surface area contributed by atoms with Crippen LogP contribution in [0.2, 0.25) is 0 Å². The van der Waals surface area contributed by atoms with Crippen LogP contribution in [0.4, 0.5) is 0 Å². The minimum atomic E-state index is 0.919. The second-order valence-corrected chi connectivity index (χ2v) is 5.95. The van der Waals surface area contributed by atoms with Gasteiger partial charge in [-0.2, -0.15) is 0 Å². The SMILES string of the molecule is Cn1nnnc1SCCCCCCCCCBr. The lowest BCUT2D eigenvalue weighted by molar-refractivity contribution is 0.605. The zero-order chi connectivity index (χ0) is 12.3. The summed E-state index contributed by atoms with van der Waals surface area (Å²) in [5.74, 6) is 1.12. The molecular formula is C11H21BrN4S. The zero-order valence-corrected chi connectivity index (χ0v) is 12.8. The van der Waals surface area contributed by atoms with E-state index in [-0.39, 0.29) is 0 Å². The van der Waals surface area contributed by atoms with E-state index < -0.39 is 0 Å². The van der Waals surface area contributed by atoms with E-state index in [0.717, 1.165) is 16.2 Å². The molecule has 6 heteroatoms. The third kappa shape index (κ3) is 7.03. The number of nitrogens with zero attached hydrogens (tertiary/aromatic N) is 4. The fourth-order valence-corrected chi connectivity index (χ4v) is 2.83. The van der Waals surface area contributed by atoms with Crippen molar-refractivity contribution in [3.8, 4) is 0 Å². The van der Waals surface area contributed by atoms with Crippen LogP contribution in [0.15, 0.2) is 5.16 Å². The van der Waals surface area contributed by atoms with Crippen molar-refractivity contribution < 1.29 is 0 Å². The molecule has 0 aromatic carbocycles. The summed E-state index contributed by atoms with van der Waals surface area (Å²) in [5, 5.41) is 13.4. The minimum absolute atomic E-state index is 0.919. The quantitative estimate of drug-likeness (QED) is 0.376. The van der Waals surface area contributed by atoms with Crippen LogP contribution in [0.5, 0.6) is 0 Å². The molecule has 0 N–H and O–H groups in total. The smallest absolute Gasteiger partial charge is 0.209 e. The molecular weight excluding hydrogens is 300 g/mol. The molecule has 4 nitrogen and oxygen atoms in total. The Bertz CT molecular complexity index is 293. The lowest BCUT2D eigenvalue weighted by Crippen LogP contribution is -1.93. The van der Waals surface area contributed by atoms with Crippen LogP contribution < -0.4 is 0 Å². The maximum absolute atomic E-state index is 3.94. The van der Waals surface area contributed by atoms with Crippen LogP contribution in [0.1, 0.15) is 44.9 Å². The molecule has 0 saturated heterocycles. The van der Waals surface area contributed by atoms with Gasteiger partial charge in [0, 0.05) is 18.1 Å². The zero-order valence-electron chi connectivity index (χ0n) is 10.4. The Morgan fingerprint density at radius 1 is 1.06 bits per heavy atom. The van der Waals surface area contributed by atoms with Crippen LogP contribution in [-0.2, 0) is 7.05 Å². The first-order chi connectivity index (χ1) is 8.34. The number of hydrogen-bond donors (Lipinski definition) is 0. The number of halogens is 1. The van der Waals surface area contributed by atoms with Crippen LogP contribution >= 0.6 is 27.7 Å². The molecule has 0 atom stereocenters. The van der Waals surface area contributed by atoms with Crippen LogP contribution in [0.25, 0.3) is 0 Å². The molecule has 0 amide bonds. The average Bonchev–Trinajstić information content (AvgIpc) is 2.73. The number of thioether (sulfide) groups is 1. The van der Waals surface area contributed by atoms with E-state index in [0.29, 0.717) is 0 Å². The summed E-state index contributed by atoms with van der Waals surface area (Å²) < 4.78 is 1.73. The number of rotatable bonds is 10. The van der Waals surface area contributed by atoms with E-state index >= 15 is 0 Å². The summed E-state index contributed by atoms with van der Waals surface area (Å²) in [4.78, 5) is 0. The molecule has 1 aromatic heterocycles. The molecule has 1 heterocycles. The van der Waals surface area contributed by atoms with Crippen LogP contribution in [0, 0.1) is 0 Å². The highest BCUT2D eigenvalue weighted by atomic mass is 79.9.